The summed E-state index contributed by atoms with van der Waals surface area (Å²) in [5, 5.41) is 3.25. The van der Waals surface area contributed by atoms with Gasteiger partial charge in [0.1, 0.15) is 12.5 Å². The highest BCUT2D eigenvalue weighted by atomic mass is 15.3. The summed E-state index contributed by atoms with van der Waals surface area (Å²) in [6.45, 7) is 3.00. The van der Waals surface area contributed by atoms with Crippen LogP contribution in [0.3, 0.4) is 0 Å². The number of hydrogen-bond acceptors (Lipinski definition) is 3. The smallest absolute Gasteiger partial charge is 0.111 e. The van der Waals surface area contributed by atoms with Crippen LogP contribution in [0.4, 0.5) is 0 Å². The topological polar surface area (TPSA) is 27.6 Å². The van der Waals surface area contributed by atoms with Crippen LogP contribution in [0.25, 0.3) is 0 Å². The highest BCUT2D eigenvalue weighted by Gasteiger charge is 2.15. The minimum absolute atomic E-state index is 0.832. The second-order valence-corrected chi connectivity index (χ2v) is 2.22. The molecule has 2 rings (SSSR count). The summed E-state index contributed by atoms with van der Waals surface area (Å²) in [7, 11) is 0. The lowest BCUT2D eigenvalue weighted by Crippen LogP contribution is -2.22. The van der Waals surface area contributed by atoms with Crippen LogP contribution in [0, 0.1) is 0 Å². The van der Waals surface area contributed by atoms with E-state index in [-0.39, 0.29) is 0 Å². The minimum atomic E-state index is 0.832. The molecule has 0 spiro atoms. The van der Waals surface area contributed by atoms with Gasteiger partial charge in [-0.05, 0) is 6.08 Å². The number of nitrogens with one attached hydrogen (secondary N) is 1. The normalized spacial score (nSPS) is 23.1. The van der Waals surface area contributed by atoms with E-state index in [1.165, 1.54) is 5.82 Å². The van der Waals surface area contributed by atoms with Crippen LogP contribution in [0.2, 0.25) is 0 Å². The first-order valence-electron chi connectivity index (χ1n) is 3.16. The standard InChI is InChI=1S/C6H9N3/c1-2-7-5-9-4-3-8-6(1)9/h1-2,8H,3-5H2. The zero-order valence-electron chi connectivity index (χ0n) is 5.17. The zero-order chi connectivity index (χ0) is 6.10. The lowest BCUT2D eigenvalue weighted by Gasteiger charge is -2.17. The van der Waals surface area contributed by atoms with Gasteiger partial charge in [0.05, 0.1) is 0 Å². The SMILES string of the molecule is C1=NCN2CCNC2=C1. The van der Waals surface area contributed by atoms with Crippen LogP contribution in [-0.2, 0) is 0 Å². The summed E-state index contributed by atoms with van der Waals surface area (Å²) in [6.07, 6.45) is 3.86. The average molecular weight is 123 g/mol. The van der Waals surface area contributed by atoms with Gasteiger partial charge in [-0.15, -0.1) is 0 Å². The molecule has 0 saturated carbocycles. The molecule has 0 amide bonds. The van der Waals surface area contributed by atoms with Gasteiger partial charge in [-0.2, -0.15) is 0 Å². The van der Waals surface area contributed by atoms with Gasteiger partial charge in [0, 0.05) is 19.3 Å². The molecule has 2 heterocycles. The van der Waals surface area contributed by atoms with Crippen molar-refractivity contribution in [3.8, 4) is 0 Å². The zero-order valence-corrected chi connectivity index (χ0v) is 5.17. The molecule has 48 valence electrons. The van der Waals surface area contributed by atoms with Crippen molar-refractivity contribution in [2.45, 2.75) is 0 Å². The van der Waals surface area contributed by atoms with Crippen molar-refractivity contribution in [3.63, 3.8) is 0 Å². The van der Waals surface area contributed by atoms with Crippen LogP contribution in [0.15, 0.2) is 16.9 Å². The second-order valence-electron chi connectivity index (χ2n) is 2.22. The fourth-order valence-corrected chi connectivity index (χ4v) is 1.13. The van der Waals surface area contributed by atoms with Crippen LogP contribution in [-0.4, -0.2) is 30.9 Å². The molecule has 1 fully saturated rings. The van der Waals surface area contributed by atoms with Gasteiger partial charge in [0.25, 0.3) is 0 Å². The van der Waals surface area contributed by atoms with Crippen molar-refractivity contribution < 1.29 is 0 Å². The molecule has 3 nitrogen and oxygen atoms in total. The van der Waals surface area contributed by atoms with Crippen LogP contribution < -0.4 is 5.32 Å². The number of fused-ring (bicyclic) bond motifs is 1. The molecule has 0 atom stereocenters. The van der Waals surface area contributed by atoms with Crippen LogP contribution >= 0.6 is 0 Å². The summed E-state index contributed by atoms with van der Waals surface area (Å²) >= 11 is 0. The quantitative estimate of drug-likeness (QED) is 0.482. The van der Waals surface area contributed by atoms with Crippen molar-refractivity contribution >= 4 is 6.21 Å². The molecule has 2 aliphatic rings. The molecule has 0 unspecified atom stereocenters. The first kappa shape index (κ1) is 4.85. The largest absolute Gasteiger partial charge is 0.370 e. The Bertz CT molecular complexity index is 171. The summed E-state index contributed by atoms with van der Waals surface area (Å²) in [6, 6.07) is 0. The molecule has 2 aliphatic heterocycles. The molecule has 3 heteroatoms. The number of nitrogens with zero attached hydrogens (tertiary/aromatic N) is 2. The maximum atomic E-state index is 4.10. The van der Waals surface area contributed by atoms with E-state index in [1.807, 2.05) is 12.3 Å². The monoisotopic (exact) mass is 123 g/mol. The second kappa shape index (κ2) is 1.76. The Morgan fingerprint density at radius 2 is 2.67 bits per heavy atom. The number of allylic oxidation sites excluding steroid dienone is 1. The van der Waals surface area contributed by atoms with E-state index >= 15 is 0 Å². The van der Waals surface area contributed by atoms with E-state index in [2.05, 4.69) is 15.2 Å². The molecule has 9 heavy (non-hydrogen) atoms. The van der Waals surface area contributed by atoms with E-state index in [4.69, 9.17) is 0 Å². The molecule has 1 N–H and O–H groups in total. The van der Waals surface area contributed by atoms with Gasteiger partial charge in [-0.25, -0.2) is 0 Å². The third-order valence-electron chi connectivity index (χ3n) is 1.62. The van der Waals surface area contributed by atoms with Gasteiger partial charge < -0.3 is 10.2 Å². The third kappa shape index (κ3) is 0.686. The first-order valence-corrected chi connectivity index (χ1v) is 3.16. The molecular formula is C6H9N3. The van der Waals surface area contributed by atoms with Crippen molar-refractivity contribution in [2.75, 3.05) is 19.8 Å². The molecule has 0 aromatic heterocycles. The molecule has 0 aromatic rings. The Labute approximate surface area is 54.1 Å². The minimum Gasteiger partial charge on any atom is -0.370 e. The fraction of sp³-hybridized carbons (Fsp3) is 0.500. The van der Waals surface area contributed by atoms with E-state index in [0.29, 0.717) is 0 Å². The molecule has 0 aromatic carbocycles. The summed E-state index contributed by atoms with van der Waals surface area (Å²) in [5.74, 6) is 1.23. The Morgan fingerprint density at radius 1 is 1.67 bits per heavy atom. The van der Waals surface area contributed by atoms with Crippen molar-refractivity contribution in [3.05, 3.63) is 11.9 Å². The Morgan fingerprint density at radius 3 is 3.56 bits per heavy atom. The van der Waals surface area contributed by atoms with E-state index in [1.54, 1.807) is 0 Å². The van der Waals surface area contributed by atoms with Crippen molar-refractivity contribution in [2.24, 2.45) is 4.99 Å². The van der Waals surface area contributed by atoms with Gasteiger partial charge in [0.2, 0.25) is 0 Å². The fourth-order valence-electron chi connectivity index (χ4n) is 1.13. The predicted octanol–water partition coefficient (Wildman–Crippen LogP) is -0.225. The summed E-state index contributed by atoms with van der Waals surface area (Å²) < 4.78 is 0. The average Bonchev–Trinajstić information content (AvgIpc) is 2.33. The maximum Gasteiger partial charge on any atom is 0.111 e. The molecule has 0 aliphatic carbocycles. The van der Waals surface area contributed by atoms with Gasteiger partial charge in [-0.1, -0.05) is 0 Å². The van der Waals surface area contributed by atoms with Gasteiger partial charge in [-0.3, -0.25) is 4.99 Å². The van der Waals surface area contributed by atoms with Crippen LogP contribution in [0.1, 0.15) is 0 Å². The Kier molecular flexibility index (Phi) is 0.946. The van der Waals surface area contributed by atoms with E-state index < -0.39 is 0 Å². The highest BCUT2D eigenvalue weighted by molar-refractivity contribution is 5.72. The lowest BCUT2D eigenvalue weighted by molar-refractivity contribution is 0.406. The molecule has 0 radical (unpaired) electrons. The number of aliphatic imine (C=N–C) groups is 1. The van der Waals surface area contributed by atoms with Crippen LogP contribution in [0.5, 0.6) is 0 Å². The highest BCUT2D eigenvalue weighted by Crippen LogP contribution is 2.07. The Balaban J connectivity index is 2.23. The lowest BCUT2D eigenvalue weighted by atomic mass is 10.5. The molecular weight excluding hydrogens is 114 g/mol. The van der Waals surface area contributed by atoms with Gasteiger partial charge >= 0.3 is 0 Å². The van der Waals surface area contributed by atoms with Gasteiger partial charge in [0.15, 0.2) is 0 Å². The third-order valence-corrected chi connectivity index (χ3v) is 1.62. The molecule has 0 bridgehead atoms. The van der Waals surface area contributed by atoms with E-state index in [9.17, 15) is 0 Å². The summed E-state index contributed by atoms with van der Waals surface area (Å²) in [4.78, 5) is 6.33. The molecule has 1 saturated heterocycles. The first-order chi connectivity index (χ1) is 4.47. The number of rotatable bonds is 0. The van der Waals surface area contributed by atoms with Crippen molar-refractivity contribution in [1.29, 1.82) is 0 Å². The predicted molar refractivity (Wildman–Crippen MR) is 36.2 cm³/mol. The van der Waals surface area contributed by atoms with E-state index in [0.717, 1.165) is 19.8 Å². The number of hydrogen-bond donors (Lipinski definition) is 1. The van der Waals surface area contributed by atoms with Crippen molar-refractivity contribution in [1.82, 2.24) is 10.2 Å². The maximum absolute atomic E-state index is 4.10. The Hall–Kier alpha value is -0.990. The summed E-state index contributed by atoms with van der Waals surface area (Å²) in [5.41, 5.74) is 0.